The SMILES string of the molecule is C/C=C/NC(=O)NC(C)c1ccccc1. The fraction of sp³-hybridized carbons (Fsp3) is 0.250. The Morgan fingerprint density at radius 1 is 1.33 bits per heavy atom. The second-order valence-electron chi connectivity index (χ2n) is 3.25. The molecule has 0 saturated carbocycles. The summed E-state index contributed by atoms with van der Waals surface area (Å²) in [6, 6.07) is 9.66. The van der Waals surface area contributed by atoms with E-state index in [1.54, 1.807) is 12.3 Å². The fourth-order valence-corrected chi connectivity index (χ4v) is 1.22. The Labute approximate surface area is 90.2 Å². The van der Waals surface area contributed by atoms with Crippen LogP contribution >= 0.6 is 0 Å². The first-order chi connectivity index (χ1) is 7.24. The lowest BCUT2D eigenvalue weighted by molar-refractivity contribution is 0.241. The van der Waals surface area contributed by atoms with Crippen LogP contribution in [-0.4, -0.2) is 6.03 Å². The first-order valence-corrected chi connectivity index (χ1v) is 4.97. The number of benzene rings is 1. The molecule has 0 aliphatic rings. The zero-order chi connectivity index (χ0) is 11.1. The molecule has 0 spiro atoms. The first-order valence-electron chi connectivity index (χ1n) is 4.97. The Morgan fingerprint density at radius 3 is 2.60 bits per heavy atom. The molecular formula is C12H16N2O. The van der Waals surface area contributed by atoms with Gasteiger partial charge >= 0.3 is 6.03 Å². The summed E-state index contributed by atoms with van der Waals surface area (Å²) in [6.07, 6.45) is 3.37. The largest absolute Gasteiger partial charge is 0.331 e. The lowest BCUT2D eigenvalue weighted by atomic mass is 10.1. The van der Waals surface area contributed by atoms with E-state index in [0.717, 1.165) is 5.56 Å². The van der Waals surface area contributed by atoms with Gasteiger partial charge in [-0.1, -0.05) is 36.4 Å². The lowest BCUT2D eigenvalue weighted by Crippen LogP contribution is -2.34. The molecule has 1 aromatic rings. The van der Waals surface area contributed by atoms with Crippen molar-refractivity contribution in [2.75, 3.05) is 0 Å². The molecule has 0 fully saturated rings. The van der Waals surface area contributed by atoms with E-state index in [1.807, 2.05) is 44.2 Å². The van der Waals surface area contributed by atoms with Crippen molar-refractivity contribution in [2.45, 2.75) is 19.9 Å². The highest BCUT2D eigenvalue weighted by Gasteiger charge is 2.06. The molecule has 0 aromatic heterocycles. The van der Waals surface area contributed by atoms with E-state index in [4.69, 9.17) is 0 Å². The smallest absolute Gasteiger partial charge is 0.319 e. The third-order valence-electron chi connectivity index (χ3n) is 2.03. The molecular weight excluding hydrogens is 188 g/mol. The maximum absolute atomic E-state index is 11.3. The number of urea groups is 1. The predicted octanol–water partition coefficient (Wildman–Crippen LogP) is 2.58. The van der Waals surface area contributed by atoms with Crippen molar-refractivity contribution in [2.24, 2.45) is 0 Å². The minimum atomic E-state index is -0.190. The van der Waals surface area contributed by atoms with E-state index < -0.39 is 0 Å². The van der Waals surface area contributed by atoms with Crippen LogP contribution in [0.15, 0.2) is 42.6 Å². The predicted molar refractivity (Wildman–Crippen MR) is 61.3 cm³/mol. The molecule has 3 heteroatoms. The number of amides is 2. The lowest BCUT2D eigenvalue weighted by Gasteiger charge is -2.13. The Kier molecular flexibility index (Phi) is 4.41. The summed E-state index contributed by atoms with van der Waals surface area (Å²) in [5.41, 5.74) is 1.09. The highest BCUT2D eigenvalue weighted by atomic mass is 16.2. The van der Waals surface area contributed by atoms with Crippen LogP contribution in [0.2, 0.25) is 0 Å². The van der Waals surface area contributed by atoms with Crippen LogP contribution in [0.3, 0.4) is 0 Å². The molecule has 0 saturated heterocycles. The van der Waals surface area contributed by atoms with Gasteiger partial charge in [0.2, 0.25) is 0 Å². The van der Waals surface area contributed by atoms with Gasteiger partial charge in [-0.05, 0) is 19.4 Å². The molecule has 1 rings (SSSR count). The summed E-state index contributed by atoms with van der Waals surface area (Å²) in [5, 5.41) is 5.43. The minimum Gasteiger partial charge on any atom is -0.331 e. The third-order valence-corrected chi connectivity index (χ3v) is 2.03. The summed E-state index contributed by atoms with van der Waals surface area (Å²) < 4.78 is 0. The topological polar surface area (TPSA) is 41.1 Å². The number of rotatable bonds is 3. The van der Waals surface area contributed by atoms with E-state index in [0.29, 0.717) is 0 Å². The Balaban J connectivity index is 2.49. The number of hydrogen-bond donors (Lipinski definition) is 2. The van der Waals surface area contributed by atoms with Crippen LogP contribution < -0.4 is 10.6 Å². The molecule has 1 unspecified atom stereocenters. The van der Waals surface area contributed by atoms with Crippen molar-refractivity contribution in [3.8, 4) is 0 Å². The highest BCUT2D eigenvalue weighted by Crippen LogP contribution is 2.10. The molecule has 0 aliphatic carbocycles. The van der Waals surface area contributed by atoms with E-state index in [9.17, 15) is 4.79 Å². The van der Waals surface area contributed by atoms with Gasteiger partial charge in [-0.25, -0.2) is 4.79 Å². The number of carbonyl (C=O) groups excluding carboxylic acids is 1. The fourth-order valence-electron chi connectivity index (χ4n) is 1.22. The molecule has 0 aliphatic heterocycles. The van der Waals surface area contributed by atoms with Crippen LogP contribution in [0.25, 0.3) is 0 Å². The minimum absolute atomic E-state index is 0.0106. The standard InChI is InChI=1S/C12H16N2O/c1-3-9-13-12(15)14-10(2)11-7-5-4-6-8-11/h3-10H,1-2H3,(H2,13,14,15)/b9-3+. The molecule has 15 heavy (non-hydrogen) atoms. The summed E-state index contributed by atoms with van der Waals surface area (Å²) in [4.78, 5) is 11.3. The van der Waals surface area contributed by atoms with Crippen LogP contribution in [0.4, 0.5) is 4.79 Å². The zero-order valence-corrected chi connectivity index (χ0v) is 9.03. The summed E-state index contributed by atoms with van der Waals surface area (Å²) in [5.74, 6) is 0. The second-order valence-corrected chi connectivity index (χ2v) is 3.25. The van der Waals surface area contributed by atoms with Crippen molar-refractivity contribution in [3.05, 3.63) is 48.2 Å². The highest BCUT2D eigenvalue weighted by molar-refractivity contribution is 5.75. The third kappa shape index (κ3) is 3.85. The van der Waals surface area contributed by atoms with Gasteiger partial charge < -0.3 is 10.6 Å². The van der Waals surface area contributed by atoms with Crippen molar-refractivity contribution < 1.29 is 4.79 Å². The Bertz CT molecular complexity index is 333. The average Bonchev–Trinajstić information content (AvgIpc) is 2.27. The number of carbonyl (C=O) groups is 1. The van der Waals surface area contributed by atoms with Gasteiger partial charge in [-0.3, -0.25) is 0 Å². The summed E-state index contributed by atoms with van der Waals surface area (Å²) >= 11 is 0. The summed E-state index contributed by atoms with van der Waals surface area (Å²) in [6.45, 7) is 3.80. The molecule has 2 amide bonds. The molecule has 0 bridgehead atoms. The average molecular weight is 204 g/mol. The quantitative estimate of drug-likeness (QED) is 0.780. The van der Waals surface area contributed by atoms with Crippen LogP contribution in [0, 0.1) is 0 Å². The molecule has 80 valence electrons. The molecule has 1 atom stereocenters. The molecule has 0 heterocycles. The van der Waals surface area contributed by atoms with E-state index in [2.05, 4.69) is 10.6 Å². The van der Waals surface area contributed by atoms with E-state index >= 15 is 0 Å². The van der Waals surface area contributed by atoms with Gasteiger partial charge in [0.25, 0.3) is 0 Å². The second kappa shape index (κ2) is 5.86. The number of hydrogen-bond acceptors (Lipinski definition) is 1. The molecule has 2 N–H and O–H groups in total. The van der Waals surface area contributed by atoms with Crippen molar-refractivity contribution in [3.63, 3.8) is 0 Å². The maximum Gasteiger partial charge on any atom is 0.319 e. The van der Waals surface area contributed by atoms with Gasteiger partial charge in [0.1, 0.15) is 0 Å². The van der Waals surface area contributed by atoms with Gasteiger partial charge in [0, 0.05) is 6.20 Å². The Morgan fingerprint density at radius 2 is 2.00 bits per heavy atom. The van der Waals surface area contributed by atoms with Gasteiger partial charge in [-0.2, -0.15) is 0 Å². The zero-order valence-electron chi connectivity index (χ0n) is 9.03. The first kappa shape index (κ1) is 11.3. The summed E-state index contributed by atoms with van der Waals surface area (Å²) in [7, 11) is 0. The van der Waals surface area contributed by atoms with Crippen molar-refractivity contribution in [1.29, 1.82) is 0 Å². The van der Waals surface area contributed by atoms with Gasteiger partial charge in [0.15, 0.2) is 0 Å². The number of nitrogens with one attached hydrogen (secondary N) is 2. The van der Waals surface area contributed by atoms with Crippen molar-refractivity contribution in [1.82, 2.24) is 10.6 Å². The normalized spacial score (nSPS) is 12.4. The van der Waals surface area contributed by atoms with Crippen LogP contribution in [-0.2, 0) is 0 Å². The van der Waals surface area contributed by atoms with Crippen LogP contribution in [0.5, 0.6) is 0 Å². The van der Waals surface area contributed by atoms with E-state index in [-0.39, 0.29) is 12.1 Å². The van der Waals surface area contributed by atoms with Gasteiger partial charge in [0.05, 0.1) is 6.04 Å². The molecule has 1 aromatic carbocycles. The number of allylic oxidation sites excluding steroid dienone is 1. The maximum atomic E-state index is 11.3. The monoisotopic (exact) mass is 204 g/mol. The van der Waals surface area contributed by atoms with Crippen molar-refractivity contribution >= 4 is 6.03 Å². The molecule has 0 radical (unpaired) electrons. The molecule has 3 nitrogen and oxygen atoms in total. The van der Waals surface area contributed by atoms with E-state index in [1.165, 1.54) is 0 Å². The Hall–Kier alpha value is -1.77. The van der Waals surface area contributed by atoms with Gasteiger partial charge in [-0.15, -0.1) is 0 Å². The van der Waals surface area contributed by atoms with Crippen LogP contribution in [0.1, 0.15) is 25.5 Å².